The van der Waals surface area contributed by atoms with Gasteiger partial charge in [0.25, 0.3) is 5.91 Å². The van der Waals surface area contributed by atoms with Crippen molar-refractivity contribution in [2.75, 3.05) is 6.61 Å². The van der Waals surface area contributed by atoms with Gasteiger partial charge in [-0.15, -0.1) is 0 Å². The van der Waals surface area contributed by atoms with Gasteiger partial charge in [0.1, 0.15) is 11.8 Å². The largest absolute Gasteiger partial charge is 0.484 e. The monoisotopic (exact) mass is 548 g/mol. The van der Waals surface area contributed by atoms with Gasteiger partial charge in [-0.1, -0.05) is 89.4 Å². The van der Waals surface area contributed by atoms with E-state index in [1.807, 2.05) is 85.8 Å². The van der Waals surface area contributed by atoms with Gasteiger partial charge in [-0.25, -0.2) is 0 Å². The van der Waals surface area contributed by atoms with Crippen LogP contribution >= 0.6 is 15.9 Å². The van der Waals surface area contributed by atoms with Crippen LogP contribution in [0.15, 0.2) is 83.3 Å². The Balaban J connectivity index is 1.62. The van der Waals surface area contributed by atoms with Gasteiger partial charge in [0.2, 0.25) is 5.91 Å². The summed E-state index contributed by atoms with van der Waals surface area (Å²) < 4.78 is 6.85. The molecule has 0 spiro atoms. The summed E-state index contributed by atoms with van der Waals surface area (Å²) >= 11 is 3.53. The molecule has 1 N–H and O–H groups in total. The lowest BCUT2D eigenvalue weighted by Gasteiger charge is -2.32. The van der Waals surface area contributed by atoms with Gasteiger partial charge in [0.05, 0.1) is 0 Å². The van der Waals surface area contributed by atoms with Crippen LogP contribution in [0.5, 0.6) is 5.75 Å². The Kier molecular flexibility index (Phi) is 9.17. The number of carbonyl (C=O) groups is 2. The summed E-state index contributed by atoms with van der Waals surface area (Å²) in [6, 6.07) is 24.9. The van der Waals surface area contributed by atoms with E-state index in [2.05, 4.69) is 21.2 Å². The second-order valence-corrected chi connectivity index (χ2v) is 10.3. The minimum atomic E-state index is -0.653. The van der Waals surface area contributed by atoms with Crippen LogP contribution in [-0.2, 0) is 22.6 Å². The number of ether oxygens (including phenoxy) is 1. The van der Waals surface area contributed by atoms with E-state index in [0.717, 1.165) is 46.8 Å². The van der Waals surface area contributed by atoms with Crippen molar-refractivity contribution in [2.45, 2.75) is 57.7 Å². The van der Waals surface area contributed by atoms with Gasteiger partial charge < -0.3 is 15.0 Å². The summed E-state index contributed by atoms with van der Waals surface area (Å²) in [4.78, 5) is 29.1. The molecule has 0 heterocycles. The van der Waals surface area contributed by atoms with E-state index in [-0.39, 0.29) is 24.5 Å². The summed E-state index contributed by atoms with van der Waals surface area (Å²) in [5.74, 6) is 0.342. The first kappa shape index (κ1) is 26.0. The maximum Gasteiger partial charge on any atom is 0.261 e. The Labute approximate surface area is 222 Å². The molecule has 3 aromatic carbocycles. The van der Waals surface area contributed by atoms with Crippen LogP contribution in [0.4, 0.5) is 0 Å². The van der Waals surface area contributed by atoms with Gasteiger partial charge in [0, 0.05) is 23.5 Å². The normalized spacial score (nSPS) is 14.3. The topological polar surface area (TPSA) is 58.6 Å². The Morgan fingerprint density at radius 1 is 0.972 bits per heavy atom. The maximum absolute atomic E-state index is 13.7. The average Bonchev–Trinajstić information content (AvgIpc) is 3.39. The zero-order valence-corrected chi connectivity index (χ0v) is 22.2. The van der Waals surface area contributed by atoms with Gasteiger partial charge >= 0.3 is 0 Å². The molecule has 1 atom stereocenters. The summed E-state index contributed by atoms with van der Waals surface area (Å²) in [6.07, 6.45) is 4.65. The van der Waals surface area contributed by atoms with Crippen LogP contribution < -0.4 is 10.1 Å². The first-order valence-electron chi connectivity index (χ1n) is 12.6. The highest BCUT2D eigenvalue weighted by Crippen LogP contribution is 2.22. The number of halogens is 1. The molecular weight excluding hydrogens is 516 g/mol. The van der Waals surface area contributed by atoms with E-state index in [0.29, 0.717) is 18.7 Å². The minimum Gasteiger partial charge on any atom is -0.484 e. The van der Waals surface area contributed by atoms with Gasteiger partial charge in [-0.05, 0) is 54.7 Å². The molecule has 0 aliphatic heterocycles. The molecule has 1 fully saturated rings. The van der Waals surface area contributed by atoms with Crippen molar-refractivity contribution in [1.29, 1.82) is 0 Å². The molecule has 5 nitrogen and oxygen atoms in total. The second-order valence-electron chi connectivity index (χ2n) is 9.40. The SMILES string of the molecule is Cc1ccccc1OCC(=O)N(Cc1cccc(Br)c1)[C@H](Cc1ccccc1)C(=O)NC1CCCC1. The molecule has 4 rings (SSSR count). The summed E-state index contributed by atoms with van der Waals surface area (Å²) in [5.41, 5.74) is 2.92. The van der Waals surface area contributed by atoms with E-state index >= 15 is 0 Å². The zero-order chi connectivity index (χ0) is 25.3. The molecule has 2 amide bonds. The van der Waals surface area contributed by atoms with Crippen LogP contribution in [0.25, 0.3) is 0 Å². The lowest BCUT2D eigenvalue weighted by atomic mass is 10.0. The van der Waals surface area contributed by atoms with Crippen molar-refractivity contribution in [3.8, 4) is 5.75 Å². The van der Waals surface area contributed by atoms with Crippen LogP contribution in [0.1, 0.15) is 42.4 Å². The van der Waals surface area contributed by atoms with Crippen molar-refractivity contribution >= 4 is 27.7 Å². The first-order chi connectivity index (χ1) is 17.5. The Morgan fingerprint density at radius 3 is 2.39 bits per heavy atom. The quantitative estimate of drug-likeness (QED) is 0.346. The van der Waals surface area contributed by atoms with E-state index in [1.54, 1.807) is 4.90 Å². The number of para-hydroxylation sites is 1. The fraction of sp³-hybridized carbons (Fsp3) is 0.333. The highest BCUT2D eigenvalue weighted by molar-refractivity contribution is 9.10. The zero-order valence-electron chi connectivity index (χ0n) is 20.7. The Hall–Kier alpha value is -3.12. The van der Waals surface area contributed by atoms with Crippen LogP contribution in [0.2, 0.25) is 0 Å². The Bertz CT molecular complexity index is 1160. The lowest BCUT2D eigenvalue weighted by Crippen LogP contribution is -2.53. The number of benzene rings is 3. The number of amides is 2. The predicted molar refractivity (Wildman–Crippen MR) is 146 cm³/mol. The smallest absolute Gasteiger partial charge is 0.261 e. The number of nitrogens with one attached hydrogen (secondary N) is 1. The third-order valence-electron chi connectivity index (χ3n) is 6.66. The fourth-order valence-corrected chi connectivity index (χ4v) is 5.14. The van der Waals surface area contributed by atoms with Gasteiger partial charge in [0.15, 0.2) is 6.61 Å². The summed E-state index contributed by atoms with van der Waals surface area (Å²) in [5, 5.41) is 3.23. The Morgan fingerprint density at radius 2 is 1.67 bits per heavy atom. The number of nitrogens with zero attached hydrogens (tertiary/aromatic N) is 1. The van der Waals surface area contributed by atoms with Crippen molar-refractivity contribution in [3.63, 3.8) is 0 Å². The number of hydrogen-bond acceptors (Lipinski definition) is 3. The molecule has 0 aromatic heterocycles. The van der Waals surface area contributed by atoms with Crippen LogP contribution in [0.3, 0.4) is 0 Å². The highest BCUT2D eigenvalue weighted by Gasteiger charge is 2.32. The summed E-state index contributed by atoms with van der Waals surface area (Å²) in [7, 11) is 0. The predicted octanol–water partition coefficient (Wildman–Crippen LogP) is 5.84. The number of aryl methyl sites for hydroxylation is 1. The van der Waals surface area contributed by atoms with Crippen molar-refractivity contribution in [2.24, 2.45) is 0 Å². The van der Waals surface area contributed by atoms with Gasteiger partial charge in [-0.2, -0.15) is 0 Å². The van der Waals surface area contributed by atoms with Gasteiger partial charge in [-0.3, -0.25) is 9.59 Å². The molecular formula is C30H33BrN2O3. The maximum atomic E-state index is 13.7. The molecule has 1 aliphatic carbocycles. The molecule has 188 valence electrons. The second kappa shape index (κ2) is 12.7. The molecule has 1 aliphatic rings. The molecule has 6 heteroatoms. The average molecular weight is 550 g/mol. The summed E-state index contributed by atoms with van der Waals surface area (Å²) in [6.45, 7) is 2.12. The fourth-order valence-electron chi connectivity index (χ4n) is 4.69. The van der Waals surface area contributed by atoms with E-state index < -0.39 is 6.04 Å². The van der Waals surface area contributed by atoms with Crippen molar-refractivity contribution in [1.82, 2.24) is 10.2 Å². The van der Waals surface area contributed by atoms with E-state index in [4.69, 9.17) is 4.74 Å². The number of hydrogen-bond donors (Lipinski definition) is 1. The highest BCUT2D eigenvalue weighted by atomic mass is 79.9. The van der Waals surface area contributed by atoms with Crippen molar-refractivity contribution in [3.05, 3.63) is 100 Å². The number of rotatable bonds is 10. The molecule has 0 unspecified atom stereocenters. The lowest BCUT2D eigenvalue weighted by molar-refractivity contribution is -0.143. The standard InChI is InChI=1S/C30H33BrN2O3/c1-22-10-5-8-17-28(22)36-21-29(34)33(20-24-13-9-14-25(31)18-24)27(19-23-11-3-2-4-12-23)30(35)32-26-15-6-7-16-26/h2-5,8-14,17-18,26-27H,6-7,15-16,19-21H2,1H3,(H,32,35)/t27-/m1/s1. The molecule has 1 saturated carbocycles. The molecule has 36 heavy (non-hydrogen) atoms. The minimum absolute atomic E-state index is 0.106. The number of carbonyl (C=O) groups excluding carboxylic acids is 2. The third-order valence-corrected chi connectivity index (χ3v) is 7.15. The van der Waals surface area contributed by atoms with E-state index in [1.165, 1.54) is 0 Å². The van der Waals surface area contributed by atoms with Crippen molar-refractivity contribution < 1.29 is 14.3 Å². The molecule has 3 aromatic rings. The van der Waals surface area contributed by atoms with Crippen LogP contribution in [0, 0.1) is 6.92 Å². The first-order valence-corrected chi connectivity index (χ1v) is 13.4. The third kappa shape index (κ3) is 7.20. The molecule has 0 radical (unpaired) electrons. The molecule has 0 bridgehead atoms. The van der Waals surface area contributed by atoms with E-state index in [9.17, 15) is 9.59 Å². The molecule has 0 saturated heterocycles. The van der Waals surface area contributed by atoms with Crippen LogP contribution in [-0.4, -0.2) is 35.4 Å².